The summed E-state index contributed by atoms with van der Waals surface area (Å²) in [6, 6.07) is 5.42. The highest BCUT2D eigenvalue weighted by Crippen LogP contribution is 2.22. The lowest BCUT2D eigenvalue weighted by molar-refractivity contribution is 0.969. The van der Waals surface area contributed by atoms with Crippen molar-refractivity contribution in [2.45, 2.75) is 13.3 Å². The summed E-state index contributed by atoms with van der Waals surface area (Å²) in [5.41, 5.74) is 8.54. The Bertz CT molecular complexity index is 510. The van der Waals surface area contributed by atoms with Crippen LogP contribution in [0.1, 0.15) is 10.7 Å². The van der Waals surface area contributed by atoms with E-state index in [1.807, 2.05) is 13.0 Å². The summed E-state index contributed by atoms with van der Waals surface area (Å²) in [5.74, 6) is 0. The van der Waals surface area contributed by atoms with Gasteiger partial charge in [0.05, 0.1) is 22.1 Å². The molecular weight excluding hydrogens is 254 g/mol. The van der Waals surface area contributed by atoms with Gasteiger partial charge in [-0.25, -0.2) is 4.98 Å². The Morgan fingerprint density at radius 2 is 2.29 bits per heavy atom. The number of aromatic nitrogens is 1. The van der Waals surface area contributed by atoms with E-state index in [1.165, 1.54) is 0 Å². The summed E-state index contributed by atoms with van der Waals surface area (Å²) < 4.78 is 0. The van der Waals surface area contributed by atoms with Crippen LogP contribution in [0.25, 0.3) is 0 Å². The fourth-order valence-electron chi connectivity index (χ4n) is 1.53. The Morgan fingerprint density at radius 3 is 3.00 bits per heavy atom. The Hall–Kier alpha value is -1.26. The van der Waals surface area contributed by atoms with Crippen molar-refractivity contribution in [1.29, 1.82) is 0 Å². The van der Waals surface area contributed by atoms with Gasteiger partial charge in [0.1, 0.15) is 0 Å². The van der Waals surface area contributed by atoms with Gasteiger partial charge in [-0.05, 0) is 25.1 Å². The monoisotopic (exact) mass is 267 g/mol. The molecule has 2 aromatic rings. The molecule has 1 aromatic carbocycles. The lowest BCUT2D eigenvalue weighted by Crippen LogP contribution is -2.07. The van der Waals surface area contributed by atoms with E-state index in [1.54, 1.807) is 23.5 Å². The van der Waals surface area contributed by atoms with Crippen molar-refractivity contribution in [3.8, 4) is 0 Å². The predicted molar refractivity (Wildman–Crippen MR) is 74.9 cm³/mol. The number of aryl methyl sites for hydroxylation is 1. The molecule has 3 N–H and O–H groups in total. The second-order valence-electron chi connectivity index (χ2n) is 3.77. The summed E-state index contributed by atoms with van der Waals surface area (Å²) >= 11 is 7.58. The molecule has 0 bridgehead atoms. The molecule has 0 radical (unpaired) electrons. The highest BCUT2D eigenvalue weighted by atomic mass is 35.5. The van der Waals surface area contributed by atoms with Crippen LogP contribution in [-0.2, 0) is 6.42 Å². The number of anilines is 2. The van der Waals surface area contributed by atoms with Gasteiger partial charge in [0.15, 0.2) is 0 Å². The number of rotatable bonds is 4. The zero-order valence-electron chi connectivity index (χ0n) is 9.53. The Morgan fingerprint density at radius 1 is 1.47 bits per heavy atom. The van der Waals surface area contributed by atoms with E-state index >= 15 is 0 Å². The lowest BCUT2D eigenvalue weighted by atomic mass is 10.2. The highest BCUT2D eigenvalue weighted by molar-refractivity contribution is 7.09. The SMILES string of the molecule is Cc1nc(CCNc2cc(Cl)ccc2N)cs1. The average Bonchev–Trinajstić information content (AvgIpc) is 2.69. The van der Waals surface area contributed by atoms with E-state index in [4.69, 9.17) is 17.3 Å². The number of hydrogen-bond acceptors (Lipinski definition) is 4. The number of nitrogens with zero attached hydrogens (tertiary/aromatic N) is 1. The predicted octanol–water partition coefficient (Wildman–Crippen LogP) is 3.34. The van der Waals surface area contributed by atoms with E-state index < -0.39 is 0 Å². The first-order valence-corrected chi connectivity index (χ1v) is 6.61. The smallest absolute Gasteiger partial charge is 0.0897 e. The number of thiazole rings is 1. The zero-order valence-corrected chi connectivity index (χ0v) is 11.1. The third-order valence-electron chi connectivity index (χ3n) is 2.38. The van der Waals surface area contributed by atoms with Crippen LogP contribution in [0.5, 0.6) is 0 Å². The summed E-state index contributed by atoms with van der Waals surface area (Å²) in [7, 11) is 0. The molecule has 0 saturated heterocycles. The molecule has 3 nitrogen and oxygen atoms in total. The number of halogens is 1. The number of nitrogen functional groups attached to an aromatic ring is 1. The number of hydrogen-bond donors (Lipinski definition) is 2. The summed E-state index contributed by atoms with van der Waals surface area (Å²) in [6.07, 6.45) is 0.885. The largest absolute Gasteiger partial charge is 0.397 e. The van der Waals surface area contributed by atoms with E-state index in [0.29, 0.717) is 10.7 Å². The standard InChI is InChI=1S/C12H14ClN3S/c1-8-16-10(7-17-8)4-5-15-12-6-9(13)2-3-11(12)14/h2-3,6-7,15H,4-5,14H2,1H3. The minimum absolute atomic E-state index is 0.686. The minimum atomic E-state index is 0.686. The van der Waals surface area contributed by atoms with Crippen LogP contribution in [0.2, 0.25) is 5.02 Å². The highest BCUT2D eigenvalue weighted by Gasteiger charge is 2.01. The first kappa shape index (κ1) is 12.2. The molecule has 0 unspecified atom stereocenters. The van der Waals surface area contributed by atoms with Crippen LogP contribution >= 0.6 is 22.9 Å². The van der Waals surface area contributed by atoms with Gasteiger partial charge in [-0.2, -0.15) is 0 Å². The molecule has 17 heavy (non-hydrogen) atoms. The van der Waals surface area contributed by atoms with Gasteiger partial charge in [-0.3, -0.25) is 0 Å². The molecule has 0 amide bonds. The Balaban J connectivity index is 1.91. The van der Waals surface area contributed by atoms with Crippen molar-refractivity contribution in [1.82, 2.24) is 4.98 Å². The normalized spacial score (nSPS) is 10.5. The summed E-state index contributed by atoms with van der Waals surface area (Å²) in [4.78, 5) is 4.40. The second kappa shape index (κ2) is 5.38. The molecule has 0 atom stereocenters. The molecule has 90 valence electrons. The van der Waals surface area contributed by atoms with E-state index in [9.17, 15) is 0 Å². The van der Waals surface area contributed by atoms with Crippen LogP contribution in [0.4, 0.5) is 11.4 Å². The van der Waals surface area contributed by atoms with E-state index in [0.717, 1.165) is 29.4 Å². The van der Waals surface area contributed by atoms with Gasteiger partial charge in [-0.1, -0.05) is 11.6 Å². The van der Waals surface area contributed by atoms with Crippen molar-refractivity contribution in [2.75, 3.05) is 17.6 Å². The number of nitrogens with one attached hydrogen (secondary N) is 1. The van der Waals surface area contributed by atoms with Crippen molar-refractivity contribution < 1.29 is 0 Å². The van der Waals surface area contributed by atoms with Crippen LogP contribution in [0, 0.1) is 6.92 Å². The van der Waals surface area contributed by atoms with Crippen LogP contribution in [-0.4, -0.2) is 11.5 Å². The molecule has 0 saturated carbocycles. The van der Waals surface area contributed by atoms with Crippen molar-refractivity contribution in [3.05, 3.63) is 39.3 Å². The van der Waals surface area contributed by atoms with Crippen molar-refractivity contribution in [3.63, 3.8) is 0 Å². The third-order valence-corrected chi connectivity index (χ3v) is 3.44. The van der Waals surface area contributed by atoms with Crippen LogP contribution < -0.4 is 11.1 Å². The molecule has 2 rings (SSSR count). The minimum Gasteiger partial charge on any atom is -0.397 e. The van der Waals surface area contributed by atoms with Crippen molar-refractivity contribution in [2.24, 2.45) is 0 Å². The first-order valence-electron chi connectivity index (χ1n) is 5.35. The molecule has 0 aliphatic carbocycles. The molecule has 5 heteroatoms. The maximum atomic E-state index is 5.91. The maximum absolute atomic E-state index is 5.91. The molecular formula is C12H14ClN3S. The molecule has 0 aliphatic rings. The third kappa shape index (κ3) is 3.35. The maximum Gasteiger partial charge on any atom is 0.0897 e. The van der Waals surface area contributed by atoms with Gasteiger partial charge < -0.3 is 11.1 Å². The van der Waals surface area contributed by atoms with Gasteiger partial charge in [0.25, 0.3) is 0 Å². The van der Waals surface area contributed by atoms with Crippen LogP contribution in [0.3, 0.4) is 0 Å². The number of nitrogens with two attached hydrogens (primary N) is 1. The lowest BCUT2D eigenvalue weighted by Gasteiger charge is -2.08. The van der Waals surface area contributed by atoms with Gasteiger partial charge in [0, 0.05) is 23.4 Å². The molecule has 0 spiro atoms. The van der Waals surface area contributed by atoms with E-state index in [2.05, 4.69) is 15.7 Å². The van der Waals surface area contributed by atoms with Crippen LogP contribution in [0.15, 0.2) is 23.6 Å². The van der Waals surface area contributed by atoms with Gasteiger partial charge in [-0.15, -0.1) is 11.3 Å². The average molecular weight is 268 g/mol. The summed E-state index contributed by atoms with van der Waals surface area (Å²) in [5, 5.41) is 7.13. The van der Waals surface area contributed by atoms with Crippen molar-refractivity contribution >= 4 is 34.3 Å². The Labute approximate surface area is 110 Å². The quantitative estimate of drug-likeness (QED) is 0.836. The zero-order chi connectivity index (χ0) is 12.3. The second-order valence-corrected chi connectivity index (χ2v) is 5.26. The molecule has 1 aromatic heterocycles. The van der Waals surface area contributed by atoms with Gasteiger partial charge >= 0.3 is 0 Å². The Kier molecular flexibility index (Phi) is 3.86. The molecule has 0 aliphatic heterocycles. The number of benzene rings is 1. The van der Waals surface area contributed by atoms with E-state index in [-0.39, 0.29) is 0 Å². The fraction of sp³-hybridized carbons (Fsp3) is 0.250. The molecule has 0 fully saturated rings. The first-order chi connectivity index (χ1) is 8.15. The topological polar surface area (TPSA) is 50.9 Å². The fourth-order valence-corrected chi connectivity index (χ4v) is 2.35. The summed E-state index contributed by atoms with van der Waals surface area (Å²) in [6.45, 7) is 2.81. The molecule has 1 heterocycles. The van der Waals surface area contributed by atoms with Gasteiger partial charge in [0.2, 0.25) is 0 Å².